The second kappa shape index (κ2) is 10.2. The number of nitrogens with one attached hydrogen (secondary N) is 1. The number of hydrogen-bond acceptors (Lipinski definition) is 4. The lowest BCUT2D eigenvalue weighted by atomic mass is 10.0. The third-order valence-electron chi connectivity index (χ3n) is 5.18. The first-order chi connectivity index (χ1) is 14.5. The summed E-state index contributed by atoms with van der Waals surface area (Å²) in [5.41, 5.74) is 3.93. The number of benzene rings is 2. The molecule has 0 unspecified atom stereocenters. The summed E-state index contributed by atoms with van der Waals surface area (Å²) in [6.45, 7) is -2.62. The van der Waals surface area contributed by atoms with Crippen molar-refractivity contribution in [3.63, 3.8) is 0 Å². The molecule has 5 nitrogen and oxygen atoms in total. The average molecular weight is 417 g/mol. The summed E-state index contributed by atoms with van der Waals surface area (Å²) in [7, 11) is 1.37. The number of rotatable bonds is 10. The highest BCUT2D eigenvalue weighted by molar-refractivity contribution is 5.98. The van der Waals surface area contributed by atoms with Crippen LogP contribution in [0.5, 0.6) is 11.5 Å². The second-order valence-corrected chi connectivity index (χ2v) is 7.22. The minimum atomic E-state index is -2.95. The molecule has 0 heterocycles. The fourth-order valence-electron chi connectivity index (χ4n) is 3.62. The molecule has 0 atom stereocenters. The van der Waals surface area contributed by atoms with Gasteiger partial charge >= 0.3 is 6.61 Å². The van der Waals surface area contributed by atoms with Crippen molar-refractivity contribution < 1.29 is 27.8 Å². The Bertz CT molecular complexity index is 914. The number of carbonyl (C=O) groups is 2. The zero-order chi connectivity index (χ0) is 21.5. The van der Waals surface area contributed by atoms with Crippen molar-refractivity contribution >= 4 is 11.7 Å². The monoisotopic (exact) mass is 417 g/mol. The smallest absolute Gasteiger partial charge is 0.387 e. The summed E-state index contributed by atoms with van der Waals surface area (Å²) in [6, 6.07) is 10.5. The van der Waals surface area contributed by atoms with Gasteiger partial charge in [0.1, 0.15) is 0 Å². The minimum absolute atomic E-state index is 0.0382. The van der Waals surface area contributed by atoms with Crippen LogP contribution in [-0.4, -0.2) is 32.0 Å². The highest BCUT2D eigenvalue weighted by atomic mass is 19.3. The lowest BCUT2D eigenvalue weighted by molar-refractivity contribution is -0.121. The molecule has 1 N–H and O–H groups in total. The molecule has 0 radical (unpaired) electrons. The van der Waals surface area contributed by atoms with Crippen LogP contribution in [0.1, 0.15) is 46.3 Å². The maximum Gasteiger partial charge on any atom is 0.387 e. The highest BCUT2D eigenvalue weighted by Crippen LogP contribution is 2.29. The van der Waals surface area contributed by atoms with Crippen LogP contribution >= 0.6 is 0 Å². The number of Topliss-reactive ketones (excluding diaryl/α,β-unsaturated/α-hetero) is 1. The largest absolute Gasteiger partial charge is 0.493 e. The molecule has 1 aliphatic rings. The molecule has 0 spiro atoms. The Morgan fingerprint density at radius 2 is 1.83 bits per heavy atom. The van der Waals surface area contributed by atoms with E-state index in [4.69, 9.17) is 4.74 Å². The summed E-state index contributed by atoms with van der Waals surface area (Å²) in [5.74, 6) is -0.0877. The lowest BCUT2D eigenvalue weighted by Gasteiger charge is -2.12. The molecule has 0 saturated carbocycles. The van der Waals surface area contributed by atoms with Crippen LogP contribution in [-0.2, 0) is 24.1 Å². The first-order valence-electron chi connectivity index (χ1n) is 9.99. The van der Waals surface area contributed by atoms with Crippen LogP contribution in [0.2, 0.25) is 0 Å². The van der Waals surface area contributed by atoms with Gasteiger partial charge in [-0.05, 0) is 60.6 Å². The maximum absolute atomic E-state index is 12.5. The van der Waals surface area contributed by atoms with Crippen LogP contribution in [0, 0.1) is 0 Å². The summed E-state index contributed by atoms with van der Waals surface area (Å²) < 4.78 is 34.5. The van der Waals surface area contributed by atoms with E-state index in [9.17, 15) is 18.4 Å². The van der Waals surface area contributed by atoms with Crippen molar-refractivity contribution in [1.29, 1.82) is 0 Å². The summed E-state index contributed by atoms with van der Waals surface area (Å²) >= 11 is 0. The molecule has 0 saturated heterocycles. The van der Waals surface area contributed by atoms with Gasteiger partial charge in [0.15, 0.2) is 17.3 Å². The fourth-order valence-corrected chi connectivity index (χ4v) is 3.62. The second-order valence-electron chi connectivity index (χ2n) is 7.22. The van der Waals surface area contributed by atoms with Crippen LogP contribution in [0.25, 0.3) is 0 Å². The number of halogens is 2. The Balaban J connectivity index is 1.44. The number of amides is 1. The van der Waals surface area contributed by atoms with Crippen molar-refractivity contribution in [2.24, 2.45) is 0 Å². The van der Waals surface area contributed by atoms with Gasteiger partial charge in [-0.15, -0.1) is 0 Å². The number of methoxy groups -OCH3 is 1. The fraction of sp³-hybridized carbons (Fsp3) is 0.391. The molecule has 2 aromatic rings. The maximum atomic E-state index is 12.5. The molecule has 1 amide bonds. The Hall–Kier alpha value is -2.96. The first kappa shape index (κ1) is 21.7. The Morgan fingerprint density at radius 3 is 2.60 bits per heavy atom. The molecule has 0 fully saturated rings. The number of ether oxygens (including phenoxy) is 2. The molecule has 1 aliphatic carbocycles. The molecule has 0 aromatic heterocycles. The minimum Gasteiger partial charge on any atom is -0.493 e. The van der Waals surface area contributed by atoms with Crippen molar-refractivity contribution in [3.8, 4) is 11.5 Å². The lowest BCUT2D eigenvalue weighted by Crippen LogP contribution is -2.26. The van der Waals surface area contributed by atoms with Crippen LogP contribution in [0.15, 0.2) is 36.4 Å². The van der Waals surface area contributed by atoms with E-state index in [2.05, 4.69) is 10.1 Å². The molecule has 30 heavy (non-hydrogen) atoms. The topological polar surface area (TPSA) is 64.6 Å². The predicted octanol–water partition coefficient (Wildman–Crippen LogP) is 4.11. The van der Waals surface area contributed by atoms with E-state index in [-0.39, 0.29) is 36.0 Å². The highest BCUT2D eigenvalue weighted by Gasteiger charge is 2.15. The molecular weight excluding hydrogens is 392 g/mol. The summed E-state index contributed by atoms with van der Waals surface area (Å²) in [5, 5.41) is 2.76. The zero-order valence-electron chi connectivity index (χ0n) is 16.9. The molecule has 0 bridgehead atoms. The molecule has 160 valence electrons. The third-order valence-corrected chi connectivity index (χ3v) is 5.18. The third kappa shape index (κ3) is 5.78. The van der Waals surface area contributed by atoms with Gasteiger partial charge in [0, 0.05) is 24.9 Å². The number of alkyl halides is 2. The molecule has 2 aromatic carbocycles. The number of carbonyl (C=O) groups excluding carboxylic acids is 2. The number of ketones is 1. The number of hydrogen-bond donors (Lipinski definition) is 1. The predicted molar refractivity (Wildman–Crippen MR) is 108 cm³/mol. The van der Waals surface area contributed by atoms with Gasteiger partial charge in [-0.2, -0.15) is 8.78 Å². The zero-order valence-corrected chi connectivity index (χ0v) is 16.9. The van der Waals surface area contributed by atoms with Crippen LogP contribution in [0.4, 0.5) is 8.78 Å². The van der Waals surface area contributed by atoms with E-state index >= 15 is 0 Å². The summed E-state index contributed by atoms with van der Waals surface area (Å²) in [6.07, 6.45) is 3.90. The van der Waals surface area contributed by atoms with E-state index in [1.807, 2.05) is 18.2 Å². The summed E-state index contributed by atoms with van der Waals surface area (Å²) in [4.78, 5) is 24.4. The van der Waals surface area contributed by atoms with Gasteiger partial charge in [-0.3, -0.25) is 9.59 Å². The van der Waals surface area contributed by atoms with Gasteiger partial charge in [0.25, 0.3) is 0 Å². The van der Waals surface area contributed by atoms with Crippen LogP contribution < -0.4 is 14.8 Å². The Morgan fingerprint density at radius 1 is 1.03 bits per heavy atom. The molecular formula is C23H25F2NO4. The van der Waals surface area contributed by atoms with E-state index in [1.165, 1.54) is 24.3 Å². The van der Waals surface area contributed by atoms with Crippen molar-refractivity contribution in [3.05, 3.63) is 58.7 Å². The van der Waals surface area contributed by atoms with E-state index in [0.29, 0.717) is 18.5 Å². The normalized spacial score (nSPS) is 12.5. The molecule has 7 heteroatoms. The van der Waals surface area contributed by atoms with E-state index in [0.717, 1.165) is 24.8 Å². The van der Waals surface area contributed by atoms with Gasteiger partial charge < -0.3 is 14.8 Å². The molecule has 0 aliphatic heterocycles. The van der Waals surface area contributed by atoms with E-state index in [1.54, 1.807) is 12.1 Å². The van der Waals surface area contributed by atoms with Crippen molar-refractivity contribution in [2.45, 2.75) is 45.1 Å². The Kier molecular flexibility index (Phi) is 7.38. The number of aryl methyl sites for hydroxylation is 2. The van der Waals surface area contributed by atoms with Crippen molar-refractivity contribution in [1.82, 2.24) is 5.32 Å². The van der Waals surface area contributed by atoms with Gasteiger partial charge in [0.05, 0.1) is 7.11 Å². The van der Waals surface area contributed by atoms with Gasteiger partial charge in [0.2, 0.25) is 5.91 Å². The Labute approximate surface area is 174 Å². The SMILES string of the molecule is COc1ccc(CCNC(=O)CCC(=O)c2ccc3c(c2)CCC3)cc1OC(F)F. The quantitative estimate of drug-likeness (QED) is 0.591. The first-order valence-corrected chi connectivity index (χ1v) is 9.99. The van der Waals surface area contributed by atoms with Crippen molar-refractivity contribution in [2.75, 3.05) is 13.7 Å². The van der Waals surface area contributed by atoms with E-state index < -0.39 is 6.61 Å². The molecule has 3 rings (SSSR count). The average Bonchev–Trinajstić information content (AvgIpc) is 3.19. The van der Waals surface area contributed by atoms with Gasteiger partial charge in [-0.1, -0.05) is 18.2 Å². The van der Waals surface area contributed by atoms with Gasteiger partial charge in [-0.25, -0.2) is 0 Å². The van der Waals surface area contributed by atoms with Crippen LogP contribution in [0.3, 0.4) is 0 Å². The standard InChI is InChI=1S/C23H25F2NO4/c1-29-20-9-5-15(13-21(20)30-23(24)25)11-12-26-22(28)10-8-19(27)18-7-6-16-3-2-4-17(16)14-18/h5-7,9,13-14,23H,2-4,8,10-12H2,1H3,(H,26,28). The number of fused-ring (bicyclic) bond motifs is 1.